The number of para-hydroxylation sites is 1. The Morgan fingerprint density at radius 2 is 2.07 bits per heavy atom. The van der Waals surface area contributed by atoms with E-state index < -0.39 is 0 Å². The number of anilines is 3. The normalized spacial score (nSPS) is 12.3. The molecule has 1 aromatic carbocycles. The van der Waals surface area contributed by atoms with Gasteiger partial charge >= 0.3 is 0 Å². The van der Waals surface area contributed by atoms with Gasteiger partial charge in [0.15, 0.2) is 11.4 Å². The van der Waals surface area contributed by atoms with Crippen molar-refractivity contribution in [2.45, 2.75) is 6.92 Å². The molecule has 0 aliphatic heterocycles. The first-order valence-corrected chi connectivity index (χ1v) is 9.03. The summed E-state index contributed by atoms with van der Waals surface area (Å²) in [7, 11) is 3.14. The monoisotopic (exact) mass is 415 g/mol. The van der Waals surface area contributed by atoms with Crippen molar-refractivity contribution in [3.63, 3.8) is 0 Å². The summed E-state index contributed by atoms with van der Waals surface area (Å²) in [5, 5.41) is 9.95. The van der Waals surface area contributed by atoms with Crippen LogP contribution < -0.4 is 32.4 Å². The van der Waals surface area contributed by atoms with Gasteiger partial charge in [-0.05, 0) is 31.2 Å². The molecule has 3 rings (SSSR count). The Morgan fingerprint density at radius 1 is 1.31 bits per heavy atom. The summed E-state index contributed by atoms with van der Waals surface area (Å²) >= 11 is 6.21. The third-order valence-corrected chi connectivity index (χ3v) is 4.35. The van der Waals surface area contributed by atoms with Gasteiger partial charge in [0.25, 0.3) is 5.56 Å². The lowest BCUT2D eigenvalue weighted by atomic mass is 10.2. The molecule has 0 fully saturated rings. The molecule has 0 saturated heterocycles. The number of nitrogens with zero attached hydrogens (tertiary/aromatic N) is 2. The second kappa shape index (κ2) is 8.19. The molecule has 2 aromatic heterocycles. The predicted octanol–water partition coefficient (Wildman–Crippen LogP) is 2.74. The first-order chi connectivity index (χ1) is 13.8. The van der Waals surface area contributed by atoms with Crippen LogP contribution in [0.1, 0.15) is 6.92 Å². The van der Waals surface area contributed by atoms with Crippen molar-refractivity contribution in [3.8, 4) is 5.75 Å². The Hall–Kier alpha value is -3.59. The first kappa shape index (κ1) is 20.2. The average Bonchev–Trinajstić information content (AvgIpc) is 2.94. The number of halogens is 1. The van der Waals surface area contributed by atoms with Gasteiger partial charge in [-0.1, -0.05) is 17.7 Å². The van der Waals surface area contributed by atoms with E-state index in [0.717, 1.165) is 0 Å². The van der Waals surface area contributed by atoms with E-state index in [-0.39, 0.29) is 5.56 Å². The zero-order chi connectivity index (χ0) is 21.1. The van der Waals surface area contributed by atoms with Crippen LogP contribution in [0.5, 0.6) is 5.75 Å². The van der Waals surface area contributed by atoms with Gasteiger partial charge < -0.3 is 26.8 Å². The average molecular weight is 416 g/mol. The number of aromatic amines is 1. The number of pyridine rings is 1. The molecule has 7 N–H and O–H groups in total. The van der Waals surface area contributed by atoms with Gasteiger partial charge in [-0.3, -0.25) is 14.6 Å². The number of allylic oxidation sites excluding steroid dienone is 3. The van der Waals surface area contributed by atoms with Gasteiger partial charge in [-0.15, -0.1) is 0 Å². The van der Waals surface area contributed by atoms with E-state index >= 15 is 0 Å². The second-order valence-corrected chi connectivity index (χ2v) is 6.77. The molecule has 3 aromatic rings. The highest BCUT2D eigenvalue weighted by molar-refractivity contribution is 6.32. The number of nitrogens with one attached hydrogen (secondary N) is 3. The van der Waals surface area contributed by atoms with E-state index in [1.165, 1.54) is 11.8 Å². The SMILES string of the molecule is COc1c(Cl)cccc1Nc1cc(N/C(N)=C/C=C(/C)N)nc2[nH]n(C)c(=O)c12. The van der Waals surface area contributed by atoms with Gasteiger partial charge in [0.2, 0.25) is 0 Å². The lowest BCUT2D eigenvalue weighted by molar-refractivity contribution is 0.417. The Kier molecular flexibility index (Phi) is 5.69. The van der Waals surface area contributed by atoms with E-state index in [2.05, 4.69) is 20.7 Å². The fourth-order valence-corrected chi connectivity index (χ4v) is 3.00. The second-order valence-electron chi connectivity index (χ2n) is 6.36. The molecule has 0 bridgehead atoms. The van der Waals surface area contributed by atoms with Crippen LogP contribution >= 0.6 is 11.6 Å². The highest BCUT2D eigenvalue weighted by Crippen LogP contribution is 2.36. The number of hydrogen-bond acceptors (Lipinski definition) is 7. The van der Waals surface area contributed by atoms with Gasteiger partial charge in [-0.2, -0.15) is 0 Å². The number of nitrogens with two attached hydrogens (primary N) is 2. The number of methoxy groups -OCH3 is 1. The van der Waals surface area contributed by atoms with Crippen LogP contribution in [0.4, 0.5) is 17.2 Å². The summed E-state index contributed by atoms with van der Waals surface area (Å²) in [5.74, 6) is 1.23. The Labute approximate surface area is 172 Å². The van der Waals surface area contributed by atoms with E-state index in [0.29, 0.717) is 50.5 Å². The van der Waals surface area contributed by atoms with E-state index in [9.17, 15) is 4.79 Å². The lowest BCUT2D eigenvalue weighted by Gasteiger charge is -2.14. The van der Waals surface area contributed by atoms with Crippen LogP contribution in [0.3, 0.4) is 0 Å². The minimum absolute atomic E-state index is 0.229. The lowest BCUT2D eigenvalue weighted by Crippen LogP contribution is -2.13. The van der Waals surface area contributed by atoms with Gasteiger partial charge in [0.1, 0.15) is 17.0 Å². The fourth-order valence-electron chi connectivity index (χ4n) is 2.75. The van der Waals surface area contributed by atoms with Crippen molar-refractivity contribution in [3.05, 3.63) is 63.3 Å². The highest BCUT2D eigenvalue weighted by Gasteiger charge is 2.16. The quantitative estimate of drug-likeness (QED) is 0.390. The third kappa shape index (κ3) is 4.30. The first-order valence-electron chi connectivity index (χ1n) is 8.66. The van der Waals surface area contributed by atoms with Crippen LogP contribution in [0.25, 0.3) is 11.0 Å². The van der Waals surface area contributed by atoms with Crippen LogP contribution in [-0.2, 0) is 7.05 Å². The predicted molar refractivity (Wildman–Crippen MR) is 116 cm³/mol. The number of benzene rings is 1. The molecule has 152 valence electrons. The Balaban J connectivity index is 2.10. The number of H-pyrrole nitrogens is 1. The third-order valence-electron chi connectivity index (χ3n) is 4.05. The molecule has 0 saturated carbocycles. The molecule has 10 heteroatoms. The minimum atomic E-state index is -0.229. The maximum Gasteiger partial charge on any atom is 0.277 e. The number of ether oxygens (including phenoxy) is 1. The molecule has 0 amide bonds. The highest BCUT2D eigenvalue weighted by atomic mass is 35.5. The van der Waals surface area contributed by atoms with Crippen molar-refractivity contribution < 1.29 is 4.74 Å². The number of fused-ring (bicyclic) bond motifs is 1. The maximum absolute atomic E-state index is 12.6. The number of rotatable bonds is 6. The summed E-state index contributed by atoms with van der Waals surface area (Å²) in [6.07, 6.45) is 3.29. The van der Waals surface area contributed by atoms with Gasteiger partial charge in [0.05, 0.1) is 23.5 Å². The van der Waals surface area contributed by atoms with Crippen molar-refractivity contribution >= 4 is 39.8 Å². The van der Waals surface area contributed by atoms with Crippen LogP contribution in [0.15, 0.2) is 52.7 Å². The van der Waals surface area contributed by atoms with Crippen molar-refractivity contribution in [1.29, 1.82) is 0 Å². The van der Waals surface area contributed by atoms with Gasteiger partial charge in [-0.25, -0.2) is 4.98 Å². The Bertz CT molecular complexity index is 1170. The standard InChI is InChI=1S/C19H22ClN7O2/c1-10(21)7-8-14(22)24-15-9-13(16-18(25-15)26-27(2)19(16)28)23-12-6-4-5-11(20)17(12)29-3/h4-9H,21-22H2,1-3H3,(H3,23,24,25,26)/b10-7-,14-8+. The summed E-state index contributed by atoms with van der Waals surface area (Å²) in [5.41, 5.74) is 13.5. The summed E-state index contributed by atoms with van der Waals surface area (Å²) in [6, 6.07) is 6.97. The molecule has 2 heterocycles. The molecule has 9 nitrogen and oxygen atoms in total. The zero-order valence-electron chi connectivity index (χ0n) is 16.2. The molecule has 0 radical (unpaired) electrons. The molecular weight excluding hydrogens is 394 g/mol. The van der Waals surface area contributed by atoms with Crippen LogP contribution in [0, 0.1) is 0 Å². The summed E-state index contributed by atoms with van der Waals surface area (Å²) in [4.78, 5) is 17.0. The maximum atomic E-state index is 12.6. The number of aromatic nitrogens is 3. The van der Waals surface area contributed by atoms with Crippen LogP contribution in [-0.4, -0.2) is 21.9 Å². The molecule has 0 unspecified atom stereocenters. The van der Waals surface area contributed by atoms with E-state index in [1.54, 1.807) is 50.4 Å². The summed E-state index contributed by atoms with van der Waals surface area (Å²) in [6.45, 7) is 1.75. The topological polar surface area (TPSA) is 136 Å². The van der Waals surface area contributed by atoms with Crippen LogP contribution in [0.2, 0.25) is 5.02 Å². The smallest absolute Gasteiger partial charge is 0.277 e. The molecule has 0 aliphatic rings. The number of aryl methyl sites for hydroxylation is 1. The van der Waals surface area contributed by atoms with Gasteiger partial charge in [0, 0.05) is 18.8 Å². The molecule has 29 heavy (non-hydrogen) atoms. The van der Waals surface area contributed by atoms with Crippen molar-refractivity contribution in [1.82, 2.24) is 14.8 Å². The van der Waals surface area contributed by atoms with E-state index in [4.69, 9.17) is 27.8 Å². The molecule has 0 aliphatic carbocycles. The zero-order valence-corrected chi connectivity index (χ0v) is 17.0. The largest absolute Gasteiger partial charge is 0.493 e. The number of hydrogen-bond donors (Lipinski definition) is 5. The summed E-state index contributed by atoms with van der Waals surface area (Å²) < 4.78 is 6.73. The Morgan fingerprint density at radius 3 is 2.76 bits per heavy atom. The van der Waals surface area contributed by atoms with Crippen molar-refractivity contribution in [2.75, 3.05) is 17.7 Å². The molecule has 0 spiro atoms. The molecule has 0 atom stereocenters. The molecular formula is C19H22ClN7O2. The fraction of sp³-hybridized carbons (Fsp3) is 0.158. The minimum Gasteiger partial charge on any atom is -0.493 e. The van der Waals surface area contributed by atoms with E-state index in [1.807, 2.05) is 0 Å². The van der Waals surface area contributed by atoms with Crippen molar-refractivity contribution in [2.24, 2.45) is 18.5 Å².